The molecule has 1 fully saturated rings. The Morgan fingerprint density at radius 3 is 2.50 bits per heavy atom. The Kier molecular flexibility index (Phi) is 7.28. The first-order valence-corrected chi connectivity index (χ1v) is 11.6. The third kappa shape index (κ3) is 5.31. The molecular weight excluding hydrogens is 492 g/mol. The molecule has 3 rings (SSSR count). The maximum absolute atomic E-state index is 13.0. The molecule has 0 aromatic heterocycles. The Labute approximate surface area is 193 Å². The third-order valence-corrected chi connectivity index (χ3v) is 7.55. The maximum Gasteiger partial charge on any atom is 0.416 e. The van der Waals surface area contributed by atoms with Crippen LogP contribution in [0.5, 0.6) is 5.75 Å². The topological polar surface area (TPSA) is 75.7 Å². The predicted octanol–water partition coefficient (Wildman–Crippen LogP) is 5.06. The van der Waals surface area contributed by atoms with Gasteiger partial charge in [0.15, 0.2) is 0 Å². The SMILES string of the molecule is COc1ccc(S(=O)(=O)N2CCC[C@@H](C(=O)Nc3cc(C(F)(F)F)ccc3Cl)C2)cc1Cl. The number of ether oxygens (including phenoxy) is 1. The molecule has 0 aliphatic carbocycles. The number of alkyl halides is 3. The molecule has 1 amide bonds. The van der Waals surface area contributed by atoms with E-state index in [4.69, 9.17) is 27.9 Å². The van der Waals surface area contributed by atoms with E-state index in [1.807, 2.05) is 0 Å². The van der Waals surface area contributed by atoms with Crippen LogP contribution < -0.4 is 10.1 Å². The van der Waals surface area contributed by atoms with Crippen LogP contribution >= 0.6 is 23.2 Å². The lowest BCUT2D eigenvalue weighted by Gasteiger charge is -2.31. The van der Waals surface area contributed by atoms with E-state index in [0.29, 0.717) is 18.6 Å². The zero-order chi connectivity index (χ0) is 23.7. The predicted molar refractivity (Wildman–Crippen MR) is 115 cm³/mol. The number of nitrogens with zero attached hydrogens (tertiary/aromatic N) is 1. The largest absolute Gasteiger partial charge is 0.495 e. The number of hydrogen-bond donors (Lipinski definition) is 1. The number of carbonyl (C=O) groups is 1. The van der Waals surface area contributed by atoms with E-state index in [1.54, 1.807) is 0 Å². The molecule has 1 saturated heterocycles. The lowest BCUT2D eigenvalue weighted by Crippen LogP contribution is -2.43. The summed E-state index contributed by atoms with van der Waals surface area (Å²) >= 11 is 12.0. The molecule has 2 aromatic carbocycles. The summed E-state index contributed by atoms with van der Waals surface area (Å²) in [7, 11) is -2.54. The van der Waals surface area contributed by atoms with Crippen LogP contribution in [-0.4, -0.2) is 38.8 Å². The van der Waals surface area contributed by atoms with Crippen LogP contribution in [0.2, 0.25) is 10.0 Å². The lowest BCUT2D eigenvalue weighted by atomic mass is 9.98. The van der Waals surface area contributed by atoms with E-state index < -0.39 is 33.6 Å². The van der Waals surface area contributed by atoms with Crippen LogP contribution in [-0.2, 0) is 21.0 Å². The van der Waals surface area contributed by atoms with Crippen molar-refractivity contribution in [2.75, 3.05) is 25.5 Å². The molecule has 0 spiro atoms. The minimum absolute atomic E-state index is 0.0507. The Morgan fingerprint density at radius 1 is 1.16 bits per heavy atom. The first kappa shape index (κ1) is 24.6. The van der Waals surface area contributed by atoms with Gasteiger partial charge < -0.3 is 10.1 Å². The average Bonchev–Trinajstić information content (AvgIpc) is 2.74. The monoisotopic (exact) mass is 510 g/mol. The van der Waals surface area contributed by atoms with Crippen molar-refractivity contribution < 1.29 is 31.1 Å². The summed E-state index contributed by atoms with van der Waals surface area (Å²) in [6.45, 7) is 0.0640. The fraction of sp³-hybridized carbons (Fsp3) is 0.350. The molecule has 0 saturated carbocycles. The standard InChI is InChI=1S/C20H19Cl2F3N2O4S/c1-31-18-7-5-14(10-16(18)22)32(29,30)27-8-2-3-12(11-27)19(28)26-17-9-13(20(23,24)25)4-6-15(17)21/h4-7,9-10,12H,2-3,8,11H2,1H3,(H,26,28)/t12-/m1/s1. The smallest absolute Gasteiger partial charge is 0.416 e. The number of methoxy groups -OCH3 is 1. The van der Waals surface area contributed by atoms with Crippen molar-refractivity contribution in [1.29, 1.82) is 0 Å². The number of amides is 1. The van der Waals surface area contributed by atoms with Crippen molar-refractivity contribution in [2.45, 2.75) is 23.9 Å². The van der Waals surface area contributed by atoms with E-state index in [1.165, 1.54) is 25.3 Å². The molecule has 1 heterocycles. The van der Waals surface area contributed by atoms with Crippen LogP contribution in [0, 0.1) is 5.92 Å². The summed E-state index contributed by atoms with van der Waals surface area (Å²) in [6.07, 6.45) is -3.82. The van der Waals surface area contributed by atoms with E-state index in [-0.39, 0.29) is 33.7 Å². The van der Waals surface area contributed by atoms with Gasteiger partial charge in [-0.1, -0.05) is 23.2 Å². The molecule has 6 nitrogen and oxygen atoms in total. The van der Waals surface area contributed by atoms with E-state index in [0.717, 1.165) is 22.5 Å². The van der Waals surface area contributed by atoms with Crippen LogP contribution in [0.3, 0.4) is 0 Å². The number of rotatable bonds is 5. The van der Waals surface area contributed by atoms with Gasteiger partial charge in [-0.15, -0.1) is 0 Å². The van der Waals surface area contributed by atoms with Crippen molar-refractivity contribution in [1.82, 2.24) is 4.31 Å². The second-order valence-electron chi connectivity index (χ2n) is 7.18. The normalized spacial score (nSPS) is 17.8. The molecule has 1 atom stereocenters. The van der Waals surface area contributed by atoms with Gasteiger partial charge in [-0.3, -0.25) is 4.79 Å². The van der Waals surface area contributed by atoms with Crippen LogP contribution in [0.1, 0.15) is 18.4 Å². The fourth-order valence-corrected chi connectivity index (χ4v) is 5.40. The van der Waals surface area contributed by atoms with Crippen LogP contribution in [0.4, 0.5) is 18.9 Å². The second-order valence-corrected chi connectivity index (χ2v) is 9.93. The molecule has 1 N–H and O–H groups in total. The lowest BCUT2D eigenvalue weighted by molar-refractivity contribution is -0.137. The molecule has 2 aromatic rings. The number of nitrogens with one attached hydrogen (secondary N) is 1. The summed E-state index contributed by atoms with van der Waals surface area (Å²) in [5.74, 6) is -1.06. The fourth-order valence-electron chi connectivity index (χ4n) is 3.36. The molecule has 32 heavy (non-hydrogen) atoms. The van der Waals surface area contributed by atoms with E-state index in [2.05, 4.69) is 5.32 Å². The third-order valence-electron chi connectivity index (χ3n) is 5.07. The number of benzene rings is 2. The molecule has 12 heteroatoms. The summed E-state index contributed by atoms with van der Waals surface area (Å²) in [5, 5.41) is 2.47. The zero-order valence-electron chi connectivity index (χ0n) is 16.7. The van der Waals surface area contributed by atoms with Gasteiger partial charge in [0.2, 0.25) is 15.9 Å². The average molecular weight is 511 g/mol. The van der Waals surface area contributed by atoms with Gasteiger partial charge in [0.25, 0.3) is 0 Å². The Hall–Kier alpha value is -2.01. The van der Waals surface area contributed by atoms with Gasteiger partial charge in [-0.25, -0.2) is 8.42 Å². The first-order valence-electron chi connectivity index (χ1n) is 9.45. The van der Waals surface area contributed by atoms with E-state index in [9.17, 15) is 26.4 Å². The second kappa shape index (κ2) is 9.46. The molecule has 0 radical (unpaired) electrons. The van der Waals surface area contributed by atoms with Crippen molar-refractivity contribution in [2.24, 2.45) is 5.92 Å². The highest BCUT2D eigenvalue weighted by molar-refractivity contribution is 7.89. The van der Waals surface area contributed by atoms with Gasteiger partial charge in [0.05, 0.1) is 39.2 Å². The maximum atomic E-state index is 13.0. The van der Waals surface area contributed by atoms with Crippen molar-refractivity contribution in [3.63, 3.8) is 0 Å². The zero-order valence-corrected chi connectivity index (χ0v) is 19.1. The molecule has 1 aliphatic rings. The van der Waals surface area contributed by atoms with Crippen LogP contribution in [0.25, 0.3) is 0 Å². The Morgan fingerprint density at radius 2 is 1.88 bits per heavy atom. The summed E-state index contributed by atoms with van der Waals surface area (Å²) < 4.78 is 71.1. The Balaban J connectivity index is 1.77. The molecule has 0 unspecified atom stereocenters. The van der Waals surface area contributed by atoms with Gasteiger partial charge >= 0.3 is 6.18 Å². The number of carbonyl (C=O) groups excluding carboxylic acids is 1. The Bertz CT molecular complexity index is 1130. The van der Waals surface area contributed by atoms with Crippen molar-refractivity contribution in [3.05, 3.63) is 52.0 Å². The minimum Gasteiger partial charge on any atom is -0.495 e. The van der Waals surface area contributed by atoms with Gasteiger partial charge in [-0.05, 0) is 49.2 Å². The highest BCUT2D eigenvalue weighted by atomic mass is 35.5. The number of hydrogen-bond acceptors (Lipinski definition) is 4. The highest BCUT2D eigenvalue weighted by Gasteiger charge is 2.35. The van der Waals surface area contributed by atoms with Crippen LogP contribution in [0.15, 0.2) is 41.3 Å². The highest BCUT2D eigenvalue weighted by Crippen LogP contribution is 2.35. The summed E-state index contributed by atoms with van der Waals surface area (Å²) in [5.41, 5.74) is -1.14. The number of sulfonamides is 1. The number of piperidine rings is 1. The number of halogens is 5. The first-order chi connectivity index (χ1) is 14.9. The molecule has 0 bridgehead atoms. The molecule has 174 valence electrons. The number of anilines is 1. The molecule has 1 aliphatic heterocycles. The van der Waals surface area contributed by atoms with E-state index >= 15 is 0 Å². The van der Waals surface area contributed by atoms with Gasteiger partial charge in [0.1, 0.15) is 5.75 Å². The van der Waals surface area contributed by atoms with Gasteiger partial charge in [0, 0.05) is 13.1 Å². The van der Waals surface area contributed by atoms with Gasteiger partial charge in [-0.2, -0.15) is 17.5 Å². The quantitative estimate of drug-likeness (QED) is 0.609. The minimum atomic E-state index is -4.60. The van der Waals surface area contributed by atoms with Crippen molar-refractivity contribution in [3.8, 4) is 5.75 Å². The summed E-state index contributed by atoms with van der Waals surface area (Å²) in [6, 6.07) is 6.65. The summed E-state index contributed by atoms with van der Waals surface area (Å²) in [4.78, 5) is 12.7. The van der Waals surface area contributed by atoms with Crippen molar-refractivity contribution >= 4 is 44.8 Å². The molecular formula is C20H19Cl2F3N2O4S.